The van der Waals surface area contributed by atoms with E-state index < -0.39 is 0 Å². The van der Waals surface area contributed by atoms with E-state index in [2.05, 4.69) is 20.5 Å². The van der Waals surface area contributed by atoms with Crippen molar-refractivity contribution in [3.8, 4) is 11.6 Å². The van der Waals surface area contributed by atoms with Crippen LogP contribution in [0.25, 0.3) is 0 Å². The standard InChI is InChI=1S/C12H18N6O2/c1-7-12(8(2)18(3)17-7)20-11-5-9(16-13)14-10(15-11)6-19-4/h5H,6,13H2,1-4H3,(H,14,15,16). The molecule has 0 aliphatic heterocycles. The van der Waals surface area contributed by atoms with E-state index in [1.165, 1.54) is 0 Å². The number of nitrogens with two attached hydrogens (primary N) is 1. The molecule has 0 spiro atoms. The van der Waals surface area contributed by atoms with Crippen LogP contribution in [0.4, 0.5) is 5.82 Å². The van der Waals surface area contributed by atoms with Gasteiger partial charge in [0.05, 0.1) is 5.69 Å². The maximum Gasteiger partial charge on any atom is 0.224 e. The third-order valence-corrected chi connectivity index (χ3v) is 2.82. The molecule has 0 atom stereocenters. The molecule has 20 heavy (non-hydrogen) atoms. The molecule has 0 unspecified atom stereocenters. The number of anilines is 1. The Balaban J connectivity index is 2.34. The van der Waals surface area contributed by atoms with Crippen molar-refractivity contribution >= 4 is 5.82 Å². The summed E-state index contributed by atoms with van der Waals surface area (Å²) in [6, 6.07) is 1.62. The molecular weight excluding hydrogens is 260 g/mol. The number of aromatic nitrogens is 4. The molecule has 0 bridgehead atoms. The van der Waals surface area contributed by atoms with Crippen LogP contribution in [0, 0.1) is 13.8 Å². The summed E-state index contributed by atoms with van der Waals surface area (Å²) in [5, 5.41) is 4.29. The first-order valence-corrected chi connectivity index (χ1v) is 6.06. The largest absolute Gasteiger partial charge is 0.435 e. The maximum absolute atomic E-state index is 5.80. The van der Waals surface area contributed by atoms with E-state index >= 15 is 0 Å². The van der Waals surface area contributed by atoms with E-state index in [9.17, 15) is 0 Å². The molecule has 0 saturated carbocycles. The van der Waals surface area contributed by atoms with Gasteiger partial charge in [-0.2, -0.15) is 10.1 Å². The van der Waals surface area contributed by atoms with Gasteiger partial charge in [-0.15, -0.1) is 0 Å². The topological polar surface area (TPSA) is 100 Å². The third-order valence-electron chi connectivity index (χ3n) is 2.82. The van der Waals surface area contributed by atoms with Gasteiger partial charge in [0.25, 0.3) is 0 Å². The maximum atomic E-state index is 5.80. The summed E-state index contributed by atoms with van der Waals surface area (Å²) in [4.78, 5) is 8.43. The highest BCUT2D eigenvalue weighted by atomic mass is 16.5. The predicted molar refractivity (Wildman–Crippen MR) is 73.3 cm³/mol. The highest BCUT2D eigenvalue weighted by molar-refractivity contribution is 5.41. The van der Waals surface area contributed by atoms with E-state index in [1.807, 2.05) is 20.9 Å². The first-order chi connectivity index (χ1) is 9.55. The molecule has 0 aliphatic rings. The summed E-state index contributed by atoms with van der Waals surface area (Å²) >= 11 is 0. The molecule has 8 nitrogen and oxygen atoms in total. The van der Waals surface area contributed by atoms with Crippen LogP contribution < -0.4 is 16.0 Å². The molecule has 8 heteroatoms. The average Bonchev–Trinajstić information content (AvgIpc) is 2.65. The van der Waals surface area contributed by atoms with Crippen LogP contribution in [-0.4, -0.2) is 26.9 Å². The van der Waals surface area contributed by atoms with Gasteiger partial charge in [-0.05, 0) is 13.8 Å². The van der Waals surface area contributed by atoms with Crippen LogP contribution in [-0.2, 0) is 18.4 Å². The minimum Gasteiger partial charge on any atom is -0.435 e. The number of ether oxygens (including phenoxy) is 2. The van der Waals surface area contributed by atoms with Gasteiger partial charge >= 0.3 is 0 Å². The first kappa shape index (κ1) is 14.2. The van der Waals surface area contributed by atoms with Gasteiger partial charge in [0.15, 0.2) is 11.6 Å². The van der Waals surface area contributed by atoms with E-state index in [4.69, 9.17) is 15.3 Å². The zero-order valence-corrected chi connectivity index (χ0v) is 12.0. The molecule has 2 aromatic rings. The Kier molecular flexibility index (Phi) is 4.16. The van der Waals surface area contributed by atoms with Gasteiger partial charge in [-0.1, -0.05) is 0 Å². The van der Waals surface area contributed by atoms with Crippen LogP contribution in [0.3, 0.4) is 0 Å². The minimum atomic E-state index is 0.275. The SMILES string of the molecule is COCc1nc(NN)cc(Oc2c(C)nn(C)c2C)n1. The molecule has 0 amide bonds. The van der Waals surface area contributed by atoms with Crippen molar-refractivity contribution in [3.63, 3.8) is 0 Å². The summed E-state index contributed by atoms with van der Waals surface area (Å²) in [6.45, 7) is 4.08. The van der Waals surface area contributed by atoms with Crippen molar-refractivity contribution in [3.05, 3.63) is 23.3 Å². The second-order valence-electron chi connectivity index (χ2n) is 4.31. The molecular formula is C12H18N6O2. The highest BCUT2D eigenvalue weighted by Gasteiger charge is 2.14. The van der Waals surface area contributed by atoms with Crippen molar-refractivity contribution in [2.75, 3.05) is 12.5 Å². The summed E-state index contributed by atoms with van der Waals surface area (Å²) in [7, 11) is 3.43. The monoisotopic (exact) mass is 278 g/mol. The summed E-state index contributed by atoms with van der Waals surface area (Å²) in [6.07, 6.45) is 0. The third kappa shape index (κ3) is 2.86. The number of rotatable bonds is 5. The lowest BCUT2D eigenvalue weighted by molar-refractivity contribution is 0.177. The fraction of sp³-hybridized carbons (Fsp3) is 0.417. The van der Waals surface area contributed by atoms with Crippen LogP contribution in [0.2, 0.25) is 0 Å². The zero-order valence-electron chi connectivity index (χ0n) is 12.0. The molecule has 0 aromatic carbocycles. The fourth-order valence-electron chi connectivity index (χ4n) is 1.80. The molecule has 2 heterocycles. The zero-order chi connectivity index (χ0) is 14.7. The Hall–Kier alpha value is -2.19. The number of hydrazine groups is 1. The lowest BCUT2D eigenvalue weighted by atomic mass is 10.3. The number of nitrogens with one attached hydrogen (secondary N) is 1. The van der Waals surface area contributed by atoms with Crippen molar-refractivity contribution in [2.24, 2.45) is 12.9 Å². The molecule has 0 aliphatic carbocycles. The van der Waals surface area contributed by atoms with Gasteiger partial charge in [-0.3, -0.25) is 4.68 Å². The Morgan fingerprint density at radius 1 is 1.35 bits per heavy atom. The molecule has 3 N–H and O–H groups in total. The van der Waals surface area contributed by atoms with E-state index in [-0.39, 0.29) is 6.61 Å². The van der Waals surface area contributed by atoms with Crippen molar-refractivity contribution < 1.29 is 9.47 Å². The number of nitrogens with zero attached hydrogens (tertiary/aromatic N) is 4. The molecule has 2 rings (SSSR count). The van der Waals surface area contributed by atoms with Crippen molar-refractivity contribution in [1.82, 2.24) is 19.7 Å². The van der Waals surface area contributed by atoms with Gasteiger partial charge < -0.3 is 14.9 Å². The molecule has 0 saturated heterocycles. The van der Waals surface area contributed by atoms with Gasteiger partial charge in [0.1, 0.15) is 18.1 Å². The minimum absolute atomic E-state index is 0.275. The second-order valence-corrected chi connectivity index (χ2v) is 4.31. The van der Waals surface area contributed by atoms with Crippen LogP contribution in [0.1, 0.15) is 17.2 Å². The summed E-state index contributed by atoms with van der Waals surface area (Å²) in [5.74, 6) is 7.40. The molecule has 2 aromatic heterocycles. The second kappa shape index (κ2) is 5.85. The fourth-order valence-corrected chi connectivity index (χ4v) is 1.80. The van der Waals surface area contributed by atoms with Gasteiger partial charge in [0.2, 0.25) is 5.88 Å². The average molecular weight is 278 g/mol. The van der Waals surface area contributed by atoms with E-state index in [0.717, 1.165) is 11.4 Å². The number of aryl methyl sites for hydroxylation is 2. The lowest BCUT2D eigenvalue weighted by Crippen LogP contribution is -2.11. The van der Waals surface area contributed by atoms with Gasteiger partial charge in [-0.25, -0.2) is 10.8 Å². The van der Waals surface area contributed by atoms with Crippen LogP contribution in [0.15, 0.2) is 6.07 Å². The Morgan fingerprint density at radius 3 is 2.65 bits per heavy atom. The van der Waals surface area contributed by atoms with Crippen LogP contribution >= 0.6 is 0 Å². The summed E-state index contributed by atoms with van der Waals surface area (Å²) < 4.78 is 12.6. The summed E-state index contributed by atoms with van der Waals surface area (Å²) in [5.41, 5.74) is 4.18. The normalized spacial score (nSPS) is 10.7. The Bertz CT molecular complexity index is 610. The Morgan fingerprint density at radius 2 is 2.10 bits per heavy atom. The quantitative estimate of drug-likeness (QED) is 0.622. The predicted octanol–water partition coefficient (Wildman–Crippen LogP) is 1.05. The highest BCUT2D eigenvalue weighted by Crippen LogP contribution is 2.27. The first-order valence-electron chi connectivity index (χ1n) is 6.06. The van der Waals surface area contributed by atoms with Gasteiger partial charge in [0, 0.05) is 20.2 Å². The van der Waals surface area contributed by atoms with E-state index in [1.54, 1.807) is 17.9 Å². The molecule has 0 fully saturated rings. The number of methoxy groups -OCH3 is 1. The number of hydrogen-bond acceptors (Lipinski definition) is 7. The number of nitrogen functional groups attached to an aromatic ring is 1. The Labute approximate surface area is 116 Å². The van der Waals surface area contributed by atoms with E-state index in [0.29, 0.717) is 23.3 Å². The smallest absolute Gasteiger partial charge is 0.224 e. The molecule has 108 valence electrons. The number of hydrogen-bond donors (Lipinski definition) is 2. The van der Waals surface area contributed by atoms with Crippen molar-refractivity contribution in [2.45, 2.75) is 20.5 Å². The molecule has 0 radical (unpaired) electrons. The van der Waals surface area contributed by atoms with Crippen LogP contribution in [0.5, 0.6) is 11.6 Å². The van der Waals surface area contributed by atoms with Crippen molar-refractivity contribution in [1.29, 1.82) is 0 Å². The lowest BCUT2D eigenvalue weighted by Gasteiger charge is -2.09.